The Labute approximate surface area is 178 Å². The van der Waals surface area contributed by atoms with Gasteiger partial charge in [-0.05, 0) is 23.8 Å². The van der Waals surface area contributed by atoms with E-state index in [2.05, 4.69) is 0 Å². The molecule has 0 fully saturated rings. The number of phenolic OH excluding ortho intramolecular Hbond substituents is 6. The predicted molar refractivity (Wildman–Crippen MR) is 110 cm³/mol. The smallest absolute Gasteiger partial charge is 0.344 e. The summed E-state index contributed by atoms with van der Waals surface area (Å²) in [5, 5.41) is 70.6. The van der Waals surface area contributed by atoms with E-state index in [0.717, 1.165) is 12.1 Å². The summed E-state index contributed by atoms with van der Waals surface area (Å²) in [6, 6.07) is 5.91. The van der Waals surface area contributed by atoms with Crippen molar-refractivity contribution in [2.75, 3.05) is 0 Å². The maximum atomic E-state index is 12.3. The van der Waals surface area contributed by atoms with Crippen molar-refractivity contribution in [1.29, 1.82) is 0 Å². The molecule has 10 heteroatoms. The summed E-state index contributed by atoms with van der Waals surface area (Å²) >= 11 is 0. The van der Waals surface area contributed by atoms with Crippen LogP contribution in [0.25, 0.3) is 21.7 Å². The fraction of sp³-hybridized carbons (Fsp3) is 0.136. The lowest BCUT2D eigenvalue weighted by Crippen LogP contribution is -2.30. The summed E-state index contributed by atoms with van der Waals surface area (Å²) < 4.78 is 10.9. The summed E-state index contributed by atoms with van der Waals surface area (Å²) in [5.41, 5.74) is -0.730. The SMILES string of the molecule is O=c1oc2c(O)cc([C@H]3Oc4cc(O)cc(O)c4C[C@H]3O)cc2c2c(O)c(O)c(O)cc12. The Morgan fingerprint density at radius 2 is 1.56 bits per heavy atom. The quantitative estimate of drug-likeness (QED) is 0.132. The van der Waals surface area contributed by atoms with Crippen LogP contribution in [0.15, 0.2) is 39.5 Å². The third-order valence-electron chi connectivity index (χ3n) is 5.55. The molecular formula is C22H16O10. The van der Waals surface area contributed by atoms with Gasteiger partial charge in [0.05, 0.1) is 11.5 Å². The van der Waals surface area contributed by atoms with Crippen LogP contribution in [-0.2, 0) is 6.42 Å². The summed E-state index contributed by atoms with van der Waals surface area (Å²) in [5.74, 6) is -3.24. The number of rotatable bonds is 1. The molecule has 0 unspecified atom stereocenters. The van der Waals surface area contributed by atoms with E-state index < -0.39 is 40.8 Å². The first-order chi connectivity index (χ1) is 15.2. The molecule has 2 atom stereocenters. The highest BCUT2D eigenvalue weighted by Crippen LogP contribution is 2.46. The molecular weight excluding hydrogens is 424 g/mol. The van der Waals surface area contributed by atoms with E-state index in [0.29, 0.717) is 5.56 Å². The van der Waals surface area contributed by atoms with Crippen molar-refractivity contribution in [3.63, 3.8) is 0 Å². The number of ether oxygens (including phenoxy) is 1. The molecule has 0 aliphatic carbocycles. The third kappa shape index (κ3) is 2.73. The maximum Gasteiger partial charge on any atom is 0.344 e. The highest BCUT2D eigenvalue weighted by molar-refractivity contribution is 6.10. The molecule has 2 heterocycles. The number of phenols is 6. The fourth-order valence-corrected chi connectivity index (χ4v) is 4.07. The summed E-state index contributed by atoms with van der Waals surface area (Å²) in [4.78, 5) is 12.3. The van der Waals surface area contributed by atoms with Gasteiger partial charge in [0.25, 0.3) is 0 Å². The number of aromatic hydroxyl groups is 6. The van der Waals surface area contributed by atoms with Crippen LogP contribution in [0.4, 0.5) is 0 Å². The van der Waals surface area contributed by atoms with Crippen molar-refractivity contribution in [3.8, 4) is 40.2 Å². The summed E-state index contributed by atoms with van der Waals surface area (Å²) in [6.45, 7) is 0. The molecule has 0 bridgehead atoms. The summed E-state index contributed by atoms with van der Waals surface area (Å²) in [6.07, 6.45) is -2.24. The Morgan fingerprint density at radius 3 is 2.31 bits per heavy atom. The fourth-order valence-electron chi connectivity index (χ4n) is 4.07. The van der Waals surface area contributed by atoms with Crippen molar-refractivity contribution < 1.29 is 44.9 Å². The van der Waals surface area contributed by atoms with Gasteiger partial charge in [0.1, 0.15) is 23.4 Å². The van der Waals surface area contributed by atoms with Crippen molar-refractivity contribution in [1.82, 2.24) is 0 Å². The Bertz CT molecular complexity index is 1490. The molecule has 0 amide bonds. The first-order valence-electron chi connectivity index (χ1n) is 9.42. The second kappa shape index (κ2) is 6.59. The minimum absolute atomic E-state index is 0.0164. The molecule has 3 aromatic carbocycles. The van der Waals surface area contributed by atoms with Gasteiger partial charge in [-0.15, -0.1) is 0 Å². The van der Waals surface area contributed by atoms with Gasteiger partial charge in [-0.1, -0.05) is 0 Å². The van der Waals surface area contributed by atoms with Gasteiger partial charge in [0.15, 0.2) is 22.8 Å². The lowest BCUT2D eigenvalue weighted by atomic mass is 9.92. The van der Waals surface area contributed by atoms with Crippen molar-refractivity contribution in [3.05, 3.63) is 51.9 Å². The Balaban J connectivity index is 1.75. The molecule has 1 aromatic heterocycles. The third-order valence-corrected chi connectivity index (χ3v) is 5.55. The van der Waals surface area contributed by atoms with Crippen LogP contribution in [0.1, 0.15) is 17.2 Å². The summed E-state index contributed by atoms with van der Waals surface area (Å²) in [7, 11) is 0. The van der Waals surface area contributed by atoms with Crippen LogP contribution in [0, 0.1) is 0 Å². The molecule has 7 N–H and O–H groups in total. The molecule has 32 heavy (non-hydrogen) atoms. The molecule has 0 spiro atoms. The average Bonchev–Trinajstić information content (AvgIpc) is 2.73. The molecule has 4 aromatic rings. The van der Waals surface area contributed by atoms with Crippen molar-refractivity contribution in [2.24, 2.45) is 0 Å². The molecule has 10 nitrogen and oxygen atoms in total. The maximum absolute atomic E-state index is 12.3. The molecule has 0 radical (unpaired) electrons. The van der Waals surface area contributed by atoms with Gasteiger partial charge in [0, 0.05) is 34.9 Å². The van der Waals surface area contributed by atoms with E-state index in [4.69, 9.17) is 9.15 Å². The van der Waals surface area contributed by atoms with E-state index in [1.54, 1.807) is 0 Å². The second-order valence-corrected chi connectivity index (χ2v) is 7.57. The van der Waals surface area contributed by atoms with E-state index >= 15 is 0 Å². The number of aliphatic hydroxyl groups is 1. The van der Waals surface area contributed by atoms with E-state index in [9.17, 15) is 40.5 Å². The van der Waals surface area contributed by atoms with Gasteiger partial charge >= 0.3 is 5.63 Å². The Kier molecular flexibility index (Phi) is 4.05. The van der Waals surface area contributed by atoms with Crippen LogP contribution in [0.2, 0.25) is 0 Å². The van der Waals surface area contributed by atoms with E-state index in [1.807, 2.05) is 0 Å². The van der Waals surface area contributed by atoms with E-state index in [1.165, 1.54) is 18.2 Å². The number of fused-ring (bicyclic) bond motifs is 4. The van der Waals surface area contributed by atoms with Crippen LogP contribution < -0.4 is 10.4 Å². The van der Waals surface area contributed by atoms with Crippen molar-refractivity contribution >= 4 is 21.7 Å². The first-order valence-corrected chi connectivity index (χ1v) is 9.42. The molecule has 5 rings (SSSR count). The zero-order valence-electron chi connectivity index (χ0n) is 16.1. The Hall–Kier alpha value is -4.31. The minimum Gasteiger partial charge on any atom is -0.508 e. The van der Waals surface area contributed by atoms with Gasteiger partial charge in [-0.25, -0.2) is 4.79 Å². The van der Waals surface area contributed by atoms with Crippen LogP contribution >= 0.6 is 0 Å². The minimum atomic E-state index is -1.16. The lowest BCUT2D eigenvalue weighted by Gasteiger charge is -2.31. The van der Waals surface area contributed by atoms with Crippen LogP contribution in [0.3, 0.4) is 0 Å². The molecule has 1 aliphatic heterocycles. The standard InChI is InChI=1S/C22H16O10/c23-8-3-12(24)9-5-15(27)20(31-16(9)4-8)7-1-10-17-11(6-13(25)18(28)19(17)29)22(30)32-21(10)14(26)2-7/h1-4,6,15,20,23-29H,5H2/t15-,20-/m1/s1. The van der Waals surface area contributed by atoms with Crippen LogP contribution in [0.5, 0.6) is 40.2 Å². The molecule has 0 saturated heterocycles. The topological polar surface area (TPSA) is 181 Å². The molecule has 1 aliphatic rings. The van der Waals surface area contributed by atoms with E-state index in [-0.39, 0.29) is 51.0 Å². The Morgan fingerprint density at radius 1 is 0.812 bits per heavy atom. The largest absolute Gasteiger partial charge is 0.508 e. The highest BCUT2D eigenvalue weighted by Gasteiger charge is 2.33. The molecule has 164 valence electrons. The van der Waals surface area contributed by atoms with Gasteiger partial charge in [-0.2, -0.15) is 0 Å². The zero-order chi connectivity index (χ0) is 22.9. The lowest BCUT2D eigenvalue weighted by molar-refractivity contribution is 0.0198. The van der Waals surface area contributed by atoms with Gasteiger partial charge in [-0.3, -0.25) is 0 Å². The first kappa shape index (κ1) is 19.6. The predicted octanol–water partition coefficient (Wildman–Crippen LogP) is 2.22. The van der Waals surface area contributed by atoms with Gasteiger partial charge in [0.2, 0.25) is 5.75 Å². The average molecular weight is 440 g/mol. The number of hydrogen-bond acceptors (Lipinski definition) is 10. The molecule has 0 saturated carbocycles. The monoisotopic (exact) mass is 440 g/mol. The van der Waals surface area contributed by atoms with Crippen molar-refractivity contribution in [2.45, 2.75) is 18.6 Å². The highest BCUT2D eigenvalue weighted by atomic mass is 16.5. The zero-order valence-corrected chi connectivity index (χ0v) is 16.1. The van der Waals surface area contributed by atoms with Gasteiger partial charge < -0.3 is 44.9 Å². The number of hydrogen-bond donors (Lipinski definition) is 7. The normalized spacial score (nSPS) is 17.9. The number of benzene rings is 3. The second-order valence-electron chi connectivity index (χ2n) is 7.57. The van der Waals surface area contributed by atoms with Crippen LogP contribution in [-0.4, -0.2) is 41.8 Å². The number of aliphatic hydroxyl groups excluding tert-OH is 1.